The number of rotatable bonds is 7. The Morgan fingerprint density at radius 1 is 1.45 bits per heavy atom. The molecule has 1 aromatic rings. The summed E-state index contributed by atoms with van der Waals surface area (Å²) in [6.07, 6.45) is 6.81. The van der Waals surface area contributed by atoms with Gasteiger partial charge in [-0.05, 0) is 55.5 Å². The van der Waals surface area contributed by atoms with Crippen LogP contribution in [0.3, 0.4) is 0 Å². The standard InChI is InChI=1S/C16H27N3S/c1-4-7-17-9-13-5-6-15-14(8-13)10-18-16(19-15)11-20-12(2)3/h10,12-13,17H,4-9,11H2,1-3H3. The van der Waals surface area contributed by atoms with E-state index >= 15 is 0 Å². The minimum atomic E-state index is 0.642. The van der Waals surface area contributed by atoms with Gasteiger partial charge < -0.3 is 5.32 Å². The van der Waals surface area contributed by atoms with Gasteiger partial charge in [0, 0.05) is 11.9 Å². The third-order valence-electron chi connectivity index (χ3n) is 3.71. The smallest absolute Gasteiger partial charge is 0.138 e. The Bertz CT molecular complexity index is 420. The van der Waals surface area contributed by atoms with E-state index in [1.165, 1.54) is 24.1 Å². The average molecular weight is 293 g/mol. The maximum atomic E-state index is 4.76. The van der Waals surface area contributed by atoms with Crippen LogP contribution in [0, 0.1) is 5.92 Å². The van der Waals surface area contributed by atoms with E-state index in [0.717, 1.165) is 43.4 Å². The first-order chi connectivity index (χ1) is 9.69. The van der Waals surface area contributed by atoms with Crippen LogP contribution < -0.4 is 5.32 Å². The molecule has 4 heteroatoms. The number of aromatic nitrogens is 2. The lowest BCUT2D eigenvalue weighted by Crippen LogP contribution is -2.28. The minimum absolute atomic E-state index is 0.642. The Labute approximate surface area is 127 Å². The maximum absolute atomic E-state index is 4.76. The molecule has 0 bridgehead atoms. The second-order valence-electron chi connectivity index (χ2n) is 5.93. The van der Waals surface area contributed by atoms with E-state index in [1.54, 1.807) is 0 Å². The monoisotopic (exact) mass is 293 g/mol. The quantitative estimate of drug-likeness (QED) is 0.783. The molecule has 112 valence electrons. The molecule has 0 spiro atoms. The molecule has 0 saturated heterocycles. The van der Waals surface area contributed by atoms with Crippen molar-refractivity contribution in [3.8, 4) is 0 Å². The van der Waals surface area contributed by atoms with Crippen LogP contribution in [0.1, 0.15) is 50.7 Å². The van der Waals surface area contributed by atoms with E-state index in [1.807, 2.05) is 11.8 Å². The first-order valence-corrected chi connectivity index (χ1v) is 8.90. The second kappa shape index (κ2) is 7.99. The lowest BCUT2D eigenvalue weighted by atomic mass is 9.87. The summed E-state index contributed by atoms with van der Waals surface area (Å²) >= 11 is 1.91. The molecule has 1 atom stereocenters. The van der Waals surface area contributed by atoms with E-state index in [4.69, 9.17) is 4.98 Å². The highest BCUT2D eigenvalue weighted by Crippen LogP contribution is 2.24. The number of nitrogens with one attached hydrogen (secondary N) is 1. The second-order valence-corrected chi connectivity index (χ2v) is 7.50. The molecule has 1 unspecified atom stereocenters. The third-order valence-corrected chi connectivity index (χ3v) is 4.80. The zero-order valence-corrected chi connectivity index (χ0v) is 13.8. The van der Waals surface area contributed by atoms with Crippen molar-refractivity contribution >= 4 is 11.8 Å². The average Bonchev–Trinajstić information content (AvgIpc) is 2.45. The fourth-order valence-electron chi connectivity index (χ4n) is 2.59. The van der Waals surface area contributed by atoms with Gasteiger partial charge in [-0.25, -0.2) is 9.97 Å². The van der Waals surface area contributed by atoms with Gasteiger partial charge in [-0.2, -0.15) is 11.8 Å². The number of hydrogen-bond acceptors (Lipinski definition) is 4. The summed E-state index contributed by atoms with van der Waals surface area (Å²) in [5.74, 6) is 2.70. The topological polar surface area (TPSA) is 37.8 Å². The molecule has 0 saturated carbocycles. The van der Waals surface area contributed by atoms with Crippen LogP contribution in [0.15, 0.2) is 6.20 Å². The van der Waals surface area contributed by atoms with Gasteiger partial charge in [0.1, 0.15) is 5.82 Å². The lowest BCUT2D eigenvalue weighted by molar-refractivity contribution is 0.419. The summed E-state index contributed by atoms with van der Waals surface area (Å²) in [7, 11) is 0. The van der Waals surface area contributed by atoms with Crippen molar-refractivity contribution in [3.63, 3.8) is 0 Å². The highest BCUT2D eigenvalue weighted by atomic mass is 32.2. The zero-order chi connectivity index (χ0) is 14.4. The molecule has 1 aromatic heterocycles. The first-order valence-electron chi connectivity index (χ1n) is 7.85. The number of fused-ring (bicyclic) bond motifs is 1. The zero-order valence-electron chi connectivity index (χ0n) is 13.0. The summed E-state index contributed by atoms with van der Waals surface area (Å²) in [4.78, 5) is 9.31. The van der Waals surface area contributed by atoms with Crippen LogP contribution in [-0.4, -0.2) is 28.3 Å². The van der Waals surface area contributed by atoms with Crippen LogP contribution in [0.5, 0.6) is 0 Å². The van der Waals surface area contributed by atoms with Crippen molar-refractivity contribution in [1.82, 2.24) is 15.3 Å². The molecular formula is C16H27N3S. The van der Waals surface area contributed by atoms with E-state index < -0.39 is 0 Å². The maximum Gasteiger partial charge on any atom is 0.138 e. The fraction of sp³-hybridized carbons (Fsp3) is 0.750. The Balaban J connectivity index is 1.90. The van der Waals surface area contributed by atoms with Gasteiger partial charge in [0.05, 0.1) is 5.75 Å². The summed E-state index contributed by atoms with van der Waals surface area (Å²) < 4.78 is 0. The first kappa shape index (κ1) is 15.8. The Morgan fingerprint density at radius 2 is 2.30 bits per heavy atom. The highest BCUT2D eigenvalue weighted by molar-refractivity contribution is 7.99. The van der Waals surface area contributed by atoms with E-state index in [9.17, 15) is 0 Å². The molecular weight excluding hydrogens is 266 g/mol. The summed E-state index contributed by atoms with van der Waals surface area (Å²) in [5.41, 5.74) is 2.67. The summed E-state index contributed by atoms with van der Waals surface area (Å²) in [5, 5.41) is 4.18. The van der Waals surface area contributed by atoms with Crippen molar-refractivity contribution in [2.24, 2.45) is 5.92 Å². The Morgan fingerprint density at radius 3 is 3.05 bits per heavy atom. The Hall–Kier alpha value is -0.610. The molecule has 0 fully saturated rings. The number of hydrogen-bond donors (Lipinski definition) is 1. The van der Waals surface area contributed by atoms with Gasteiger partial charge in [-0.3, -0.25) is 0 Å². The molecule has 3 nitrogen and oxygen atoms in total. The van der Waals surface area contributed by atoms with Crippen LogP contribution in [0.25, 0.3) is 0 Å². The predicted molar refractivity (Wildman–Crippen MR) is 87.1 cm³/mol. The lowest BCUT2D eigenvalue weighted by Gasteiger charge is -2.24. The fourth-order valence-corrected chi connectivity index (χ4v) is 3.21. The predicted octanol–water partition coefficient (Wildman–Crippen LogP) is 3.22. The Kier molecular flexibility index (Phi) is 6.30. The van der Waals surface area contributed by atoms with Crippen molar-refractivity contribution in [1.29, 1.82) is 0 Å². The van der Waals surface area contributed by atoms with E-state index in [2.05, 4.69) is 37.3 Å². The molecule has 1 heterocycles. The molecule has 0 amide bonds. The number of thioether (sulfide) groups is 1. The minimum Gasteiger partial charge on any atom is -0.316 e. The van der Waals surface area contributed by atoms with Crippen molar-refractivity contribution < 1.29 is 0 Å². The summed E-state index contributed by atoms with van der Waals surface area (Å²) in [6, 6.07) is 0. The molecule has 20 heavy (non-hydrogen) atoms. The molecule has 0 aliphatic heterocycles. The highest BCUT2D eigenvalue weighted by Gasteiger charge is 2.20. The van der Waals surface area contributed by atoms with E-state index in [-0.39, 0.29) is 0 Å². The molecule has 1 N–H and O–H groups in total. The van der Waals surface area contributed by atoms with E-state index in [0.29, 0.717) is 5.25 Å². The van der Waals surface area contributed by atoms with Crippen LogP contribution in [-0.2, 0) is 18.6 Å². The van der Waals surface area contributed by atoms with Crippen LogP contribution in [0.2, 0.25) is 0 Å². The summed E-state index contributed by atoms with van der Waals surface area (Å²) in [6.45, 7) is 8.92. The molecule has 1 aliphatic rings. The number of nitrogens with zero attached hydrogens (tertiary/aromatic N) is 2. The normalized spacial score (nSPS) is 18.3. The largest absolute Gasteiger partial charge is 0.316 e. The third kappa shape index (κ3) is 4.74. The van der Waals surface area contributed by atoms with Crippen LogP contribution in [0.4, 0.5) is 0 Å². The van der Waals surface area contributed by atoms with Gasteiger partial charge in [-0.15, -0.1) is 0 Å². The van der Waals surface area contributed by atoms with Crippen molar-refractivity contribution in [2.75, 3.05) is 13.1 Å². The van der Waals surface area contributed by atoms with Crippen LogP contribution >= 0.6 is 11.8 Å². The molecule has 0 radical (unpaired) electrons. The van der Waals surface area contributed by atoms with Gasteiger partial charge in [0.15, 0.2) is 0 Å². The van der Waals surface area contributed by atoms with Crippen molar-refractivity contribution in [3.05, 3.63) is 23.3 Å². The molecule has 1 aliphatic carbocycles. The van der Waals surface area contributed by atoms with Gasteiger partial charge >= 0.3 is 0 Å². The van der Waals surface area contributed by atoms with Gasteiger partial charge in [-0.1, -0.05) is 20.8 Å². The number of aryl methyl sites for hydroxylation is 1. The van der Waals surface area contributed by atoms with Crippen molar-refractivity contribution in [2.45, 2.75) is 57.5 Å². The van der Waals surface area contributed by atoms with Gasteiger partial charge in [0.25, 0.3) is 0 Å². The SMILES string of the molecule is CCCNCC1CCc2nc(CSC(C)C)ncc2C1. The molecule has 2 rings (SSSR count). The molecule has 0 aromatic carbocycles. The van der Waals surface area contributed by atoms with Gasteiger partial charge in [0.2, 0.25) is 0 Å².